The predicted molar refractivity (Wildman–Crippen MR) is 77.3 cm³/mol. The maximum Gasteiger partial charge on any atom is 0.0725 e. The standard InChI is InChI=1S/C16H16ClNO/c1-18-16(11-4-6-15(17)7-5-11)12-2-3-13-9-19-10-14(13)8-12/h2-8,16,18H,9-10H2,1H3. The normalized spacial score (nSPS) is 15.3. The number of hydrogen-bond acceptors (Lipinski definition) is 2. The van der Waals surface area contributed by atoms with E-state index in [-0.39, 0.29) is 6.04 Å². The average Bonchev–Trinajstić information content (AvgIpc) is 2.89. The maximum absolute atomic E-state index is 5.95. The van der Waals surface area contributed by atoms with Crippen molar-refractivity contribution >= 4 is 11.6 Å². The highest BCUT2D eigenvalue weighted by atomic mass is 35.5. The second-order valence-electron chi connectivity index (χ2n) is 4.79. The first-order valence-electron chi connectivity index (χ1n) is 6.40. The first-order chi connectivity index (χ1) is 9.28. The van der Waals surface area contributed by atoms with Gasteiger partial charge in [-0.25, -0.2) is 0 Å². The van der Waals surface area contributed by atoms with Gasteiger partial charge in [0.2, 0.25) is 0 Å². The number of halogens is 1. The van der Waals surface area contributed by atoms with Gasteiger partial charge in [0.05, 0.1) is 19.3 Å². The second kappa shape index (κ2) is 5.33. The minimum Gasteiger partial charge on any atom is -0.372 e. The van der Waals surface area contributed by atoms with Crippen molar-refractivity contribution in [1.29, 1.82) is 0 Å². The van der Waals surface area contributed by atoms with Crippen molar-refractivity contribution in [3.8, 4) is 0 Å². The molecule has 1 aliphatic rings. The second-order valence-corrected chi connectivity index (χ2v) is 5.23. The lowest BCUT2D eigenvalue weighted by Gasteiger charge is -2.18. The van der Waals surface area contributed by atoms with E-state index in [9.17, 15) is 0 Å². The molecule has 0 aliphatic carbocycles. The zero-order chi connectivity index (χ0) is 13.2. The smallest absolute Gasteiger partial charge is 0.0725 e. The number of hydrogen-bond donors (Lipinski definition) is 1. The first kappa shape index (κ1) is 12.7. The molecule has 0 radical (unpaired) electrons. The number of fused-ring (bicyclic) bond motifs is 1. The van der Waals surface area contributed by atoms with Gasteiger partial charge in [-0.2, -0.15) is 0 Å². The molecule has 0 spiro atoms. The molecule has 0 saturated carbocycles. The van der Waals surface area contributed by atoms with Gasteiger partial charge in [-0.3, -0.25) is 0 Å². The van der Waals surface area contributed by atoms with E-state index in [1.54, 1.807) is 0 Å². The fourth-order valence-electron chi connectivity index (χ4n) is 2.55. The van der Waals surface area contributed by atoms with Gasteiger partial charge in [0.15, 0.2) is 0 Å². The molecule has 1 atom stereocenters. The number of ether oxygens (including phenoxy) is 1. The van der Waals surface area contributed by atoms with E-state index in [1.165, 1.54) is 22.3 Å². The first-order valence-corrected chi connectivity index (χ1v) is 6.78. The molecule has 2 nitrogen and oxygen atoms in total. The van der Waals surface area contributed by atoms with Crippen LogP contribution in [0, 0.1) is 0 Å². The van der Waals surface area contributed by atoms with Crippen molar-refractivity contribution in [2.24, 2.45) is 0 Å². The lowest BCUT2D eigenvalue weighted by Crippen LogP contribution is -2.17. The summed E-state index contributed by atoms with van der Waals surface area (Å²) >= 11 is 5.95. The molecule has 0 saturated heterocycles. The van der Waals surface area contributed by atoms with Crippen LogP contribution in [-0.4, -0.2) is 7.05 Å². The zero-order valence-corrected chi connectivity index (χ0v) is 11.6. The summed E-state index contributed by atoms with van der Waals surface area (Å²) in [6.07, 6.45) is 0. The molecule has 2 aromatic carbocycles. The molecule has 0 bridgehead atoms. The Bertz CT molecular complexity index is 580. The van der Waals surface area contributed by atoms with E-state index < -0.39 is 0 Å². The van der Waals surface area contributed by atoms with Crippen LogP contribution in [-0.2, 0) is 18.0 Å². The molecule has 3 rings (SSSR count). The van der Waals surface area contributed by atoms with E-state index in [1.807, 2.05) is 19.2 Å². The van der Waals surface area contributed by atoms with Gasteiger partial charge in [-0.05, 0) is 41.4 Å². The van der Waals surface area contributed by atoms with Crippen molar-refractivity contribution in [2.45, 2.75) is 19.3 Å². The average molecular weight is 274 g/mol. The molecule has 1 unspecified atom stereocenters. The van der Waals surface area contributed by atoms with Crippen LogP contribution in [0.15, 0.2) is 42.5 Å². The lowest BCUT2D eigenvalue weighted by atomic mass is 9.96. The molecule has 1 aliphatic heterocycles. The minimum absolute atomic E-state index is 0.183. The van der Waals surface area contributed by atoms with Crippen LogP contribution in [0.25, 0.3) is 0 Å². The van der Waals surface area contributed by atoms with Crippen molar-refractivity contribution in [1.82, 2.24) is 5.32 Å². The van der Waals surface area contributed by atoms with Crippen LogP contribution < -0.4 is 5.32 Å². The van der Waals surface area contributed by atoms with Crippen LogP contribution in [0.2, 0.25) is 5.02 Å². The molecule has 1 heterocycles. The van der Waals surface area contributed by atoms with Crippen molar-refractivity contribution in [3.05, 3.63) is 69.7 Å². The molecule has 0 fully saturated rings. The van der Waals surface area contributed by atoms with Crippen LogP contribution in [0.3, 0.4) is 0 Å². The Morgan fingerprint density at radius 1 is 1.00 bits per heavy atom. The van der Waals surface area contributed by atoms with Crippen molar-refractivity contribution in [3.63, 3.8) is 0 Å². The van der Waals surface area contributed by atoms with Gasteiger partial charge in [-0.1, -0.05) is 41.9 Å². The number of nitrogens with one attached hydrogen (secondary N) is 1. The van der Waals surface area contributed by atoms with Crippen molar-refractivity contribution < 1.29 is 4.74 Å². The highest BCUT2D eigenvalue weighted by Gasteiger charge is 2.16. The van der Waals surface area contributed by atoms with Crippen molar-refractivity contribution in [2.75, 3.05) is 7.05 Å². The molecular formula is C16H16ClNO. The topological polar surface area (TPSA) is 21.3 Å². The molecule has 98 valence electrons. The summed E-state index contributed by atoms with van der Waals surface area (Å²) in [7, 11) is 1.98. The fourth-order valence-corrected chi connectivity index (χ4v) is 2.68. The van der Waals surface area contributed by atoms with E-state index in [4.69, 9.17) is 16.3 Å². The Kier molecular flexibility index (Phi) is 3.56. The zero-order valence-electron chi connectivity index (χ0n) is 10.8. The van der Waals surface area contributed by atoms with E-state index in [0.29, 0.717) is 0 Å². The SMILES string of the molecule is CNC(c1ccc(Cl)cc1)c1ccc2c(c1)COC2. The highest BCUT2D eigenvalue weighted by molar-refractivity contribution is 6.30. The number of benzene rings is 2. The fraction of sp³-hybridized carbons (Fsp3) is 0.250. The molecular weight excluding hydrogens is 258 g/mol. The Morgan fingerprint density at radius 2 is 1.68 bits per heavy atom. The molecule has 0 aromatic heterocycles. The monoisotopic (exact) mass is 273 g/mol. The molecule has 2 aromatic rings. The summed E-state index contributed by atoms with van der Waals surface area (Å²) < 4.78 is 5.47. The molecule has 3 heteroatoms. The largest absolute Gasteiger partial charge is 0.372 e. The van der Waals surface area contributed by atoms with Gasteiger partial charge in [0, 0.05) is 5.02 Å². The third kappa shape index (κ3) is 2.52. The van der Waals surface area contributed by atoms with Crippen LogP contribution in [0.4, 0.5) is 0 Å². The summed E-state index contributed by atoms with van der Waals surface area (Å²) in [4.78, 5) is 0. The Hall–Kier alpha value is -1.35. The Morgan fingerprint density at radius 3 is 2.42 bits per heavy atom. The van der Waals surface area contributed by atoms with Gasteiger partial charge in [-0.15, -0.1) is 0 Å². The molecule has 19 heavy (non-hydrogen) atoms. The summed E-state index contributed by atoms with van der Waals surface area (Å²) in [5.41, 5.74) is 5.07. The van der Waals surface area contributed by atoms with E-state index in [0.717, 1.165) is 18.2 Å². The Labute approximate surface area is 118 Å². The summed E-state index contributed by atoms with van der Waals surface area (Å²) in [5, 5.41) is 4.13. The predicted octanol–water partition coefficient (Wildman–Crippen LogP) is 3.68. The third-order valence-corrected chi connectivity index (χ3v) is 3.82. The van der Waals surface area contributed by atoms with Crippen LogP contribution >= 0.6 is 11.6 Å². The molecule has 0 amide bonds. The maximum atomic E-state index is 5.95. The summed E-state index contributed by atoms with van der Waals surface area (Å²) in [5.74, 6) is 0. The summed E-state index contributed by atoms with van der Waals surface area (Å²) in [6, 6.07) is 14.7. The number of rotatable bonds is 3. The third-order valence-electron chi connectivity index (χ3n) is 3.57. The van der Waals surface area contributed by atoms with Crippen LogP contribution in [0.5, 0.6) is 0 Å². The quantitative estimate of drug-likeness (QED) is 0.921. The van der Waals surface area contributed by atoms with Gasteiger partial charge in [0.1, 0.15) is 0 Å². The lowest BCUT2D eigenvalue weighted by molar-refractivity contribution is 0.134. The minimum atomic E-state index is 0.183. The summed E-state index contributed by atoms with van der Waals surface area (Å²) in [6.45, 7) is 1.46. The van der Waals surface area contributed by atoms with E-state index in [2.05, 4.69) is 35.6 Å². The highest BCUT2D eigenvalue weighted by Crippen LogP contribution is 2.28. The van der Waals surface area contributed by atoms with Gasteiger partial charge >= 0.3 is 0 Å². The Balaban J connectivity index is 1.96. The van der Waals surface area contributed by atoms with Gasteiger partial charge in [0.25, 0.3) is 0 Å². The molecule has 1 N–H and O–H groups in total. The van der Waals surface area contributed by atoms with E-state index >= 15 is 0 Å². The van der Waals surface area contributed by atoms with Crippen LogP contribution in [0.1, 0.15) is 28.3 Å². The van der Waals surface area contributed by atoms with Gasteiger partial charge < -0.3 is 10.1 Å².